The van der Waals surface area contributed by atoms with Crippen molar-refractivity contribution in [1.29, 1.82) is 0 Å². The van der Waals surface area contributed by atoms with E-state index in [9.17, 15) is 0 Å². The second kappa shape index (κ2) is 9.33. The summed E-state index contributed by atoms with van der Waals surface area (Å²) in [5.41, 5.74) is 8.73. The number of allylic oxidation sites excluding steroid dienone is 5. The molecule has 0 unspecified atom stereocenters. The van der Waals surface area contributed by atoms with Crippen LogP contribution in [0.2, 0.25) is 0 Å². The summed E-state index contributed by atoms with van der Waals surface area (Å²) in [7, 11) is 0. The van der Waals surface area contributed by atoms with Gasteiger partial charge in [0, 0.05) is 38.3 Å². The first kappa shape index (κ1) is 23.2. The maximum atomic E-state index is 4.97. The number of rotatable bonds is 8. The van der Waals surface area contributed by atoms with Crippen LogP contribution in [0, 0.1) is 12.8 Å². The Kier molecular flexibility index (Phi) is 5.85. The minimum Gasteiger partial charge on any atom is -0.359 e. The van der Waals surface area contributed by atoms with Crippen LogP contribution in [0.15, 0.2) is 85.5 Å². The number of hydrogen-bond acceptors (Lipinski definition) is 5. The Hall–Kier alpha value is -4.23. The number of benzene rings is 1. The van der Waals surface area contributed by atoms with Crippen LogP contribution >= 0.6 is 11.3 Å². The normalized spacial score (nSPS) is 14.4. The summed E-state index contributed by atoms with van der Waals surface area (Å²) >= 11 is 1.74. The third-order valence-corrected chi connectivity index (χ3v) is 7.77. The molecular formula is C30H28N6S. The van der Waals surface area contributed by atoms with Crippen LogP contribution in [0.5, 0.6) is 0 Å². The molecule has 0 bridgehead atoms. The number of aromatic amines is 2. The van der Waals surface area contributed by atoms with Crippen molar-refractivity contribution in [3.63, 3.8) is 0 Å². The van der Waals surface area contributed by atoms with Crippen LogP contribution < -0.4 is 5.32 Å². The molecule has 1 aliphatic rings. The molecule has 7 heteroatoms. The molecule has 0 atom stereocenters. The number of pyridine rings is 1. The number of nitrogens with zero attached hydrogens (tertiary/aromatic N) is 3. The molecule has 1 aliphatic carbocycles. The average Bonchev–Trinajstić information content (AvgIpc) is 3.32. The molecule has 1 fully saturated rings. The van der Waals surface area contributed by atoms with Gasteiger partial charge in [0.1, 0.15) is 11.2 Å². The Morgan fingerprint density at radius 3 is 2.76 bits per heavy atom. The van der Waals surface area contributed by atoms with E-state index in [0.29, 0.717) is 11.7 Å². The van der Waals surface area contributed by atoms with E-state index in [-0.39, 0.29) is 0 Å². The molecule has 3 N–H and O–H groups in total. The standard InChI is InChI=1S/C30H28N6S/c1-5-19(13-22(6-2)32-18(4)20-8-9-20)21-10-11-25-23(14-21)29(36-35-25)30-33-26-16-31-15-24(28(26)34-30)27-12-7-17(3)37-27/h5-7,10-16,20,32H,2,4,8-9H2,1,3H3,(H,33,34)(H,35,36)/b19-5+,22-13+. The van der Waals surface area contributed by atoms with Gasteiger partial charge in [-0.05, 0) is 80.2 Å². The van der Waals surface area contributed by atoms with E-state index < -0.39 is 0 Å². The summed E-state index contributed by atoms with van der Waals surface area (Å²) in [4.78, 5) is 15.3. The third kappa shape index (κ3) is 4.42. The minimum atomic E-state index is 0.575. The molecule has 37 heavy (non-hydrogen) atoms. The van der Waals surface area contributed by atoms with Crippen LogP contribution in [0.25, 0.3) is 49.5 Å². The minimum absolute atomic E-state index is 0.575. The Bertz CT molecular complexity index is 1720. The fourth-order valence-electron chi connectivity index (χ4n) is 4.54. The van der Waals surface area contributed by atoms with Crippen LogP contribution in [-0.2, 0) is 0 Å². The first-order chi connectivity index (χ1) is 18.0. The molecule has 0 saturated heterocycles. The molecule has 4 aromatic heterocycles. The number of nitrogens with one attached hydrogen (secondary N) is 3. The molecule has 184 valence electrons. The molecule has 1 saturated carbocycles. The number of hydrogen-bond donors (Lipinski definition) is 3. The Morgan fingerprint density at radius 2 is 2.03 bits per heavy atom. The number of aryl methyl sites for hydroxylation is 1. The molecule has 5 aromatic rings. The highest BCUT2D eigenvalue weighted by molar-refractivity contribution is 7.15. The van der Waals surface area contributed by atoms with Crippen molar-refractivity contribution in [3.05, 3.63) is 95.9 Å². The molecule has 0 spiro atoms. The number of fused-ring (bicyclic) bond motifs is 2. The van der Waals surface area contributed by atoms with E-state index in [0.717, 1.165) is 60.6 Å². The fraction of sp³-hybridized carbons (Fsp3) is 0.167. The molecule has 4 heterocycles. The lowest BCUT2D eigenvalue weighted by atomic mass is 10.0. The van der Waals surface area contributed by atoms with Gasteiger partial charge in [-0.2, -0.15) is 5.10 Å². The quantitative estimate of drug-likeness (QED) is 0.191. The predicted molar refractivity (Wildman–Crippen MR) is 154 cm³/mol. The molecule has 0 amide bonds. The van der Waals surface area contributed by atoms with Crippen molar-refractivity contribution in [1.82, 2.24) is 30.5 Å². The summed E-state index contributed by atoms with van der Waals surface area (Å²) in [6.45, 7) is 12.3. The number of aromatic nitrogens is 5. The van der Waals surface area contributed by atoms with E-state index in [1.54, 1.807) is 11.3 Å². The monoisotopic (exact) mass is 504 g/mol. The van der Waals surface area contributed by atoms with Gasteiger partial charge < -0.3 is 10.3 Å². The van der Waals surface area contributed by atoms with Crippen molar-refractivity contribution in [3.8, 4) is 22.0 Å². The van der Waals surface area contributed by atoms with Gasteiger partial charge in [0.2, 0.25) is 0 Å². The van der Waals surface area contributed by atoms with Crippen LogP contribution in [0.4, 0.5) is 0 Å². The number of H-pyrrole nitrogens is 2. The maximum Gasteiger partial charge on any atom is 0.159 e. The Morgan fingerprint density at radius 1 is 1.16 bits per heavy atom. The summed E-state index contributed by atoms with van der Waals surface area (Å²) in [5.74, 6) is 1.29. The highest BCUT2D eigenvalue weighted by Gasteiger charge is 2.24. The average molecular weight is 505 g/mol. The van der Waals surface area contributed by atoms with Crippen molar-refractivity contribution in [2.24, 2.45) is 5.92 Å². The number of imidazole rings is 1. The second-order valence-corrected chi connectivity index (χ2v) is 10.7. The van der Waals surface area contributed by atoms with E-state index in [1.807, 2.05) is 25.4 Å². The summed E-state index contributed by atoms with van der Waals surface area (Å²) < 4.78 is 0. The first-order valence-electron chi connectivity index (χ1n) is 12.4. The van der Waals surface area contributed by atoms with Gasteiger partial charge in [-0.25, -0.2) is 4.98 Å². The van der Waals surface area contributed by atoms with E-state index in [1.165, 1.54) is 17.7 Å². The van der Waals surface area contributed by atoms with Crippen molar-refractivity contribution in [2.75, 3.05) is 0 Å². The van der Waals surface area contributed by atoms with Gasteiger partial charge >= 0.3 is 0 Å². The first-order valence-corrected chi connectivity index (χ1v) is 13.2. The van der Waals surface area contributed by atoms with Crippen LogP contribution in [-0.4, -0.2) is 25.1 Å². The maximum absolute atomic E-state index is 4.97. The molecule has 6 nitrogen and oxygen atoms in total. The second-order valence-electron chi connectivity index (χ2n) is 9.38. The van der Waals surface area contributed by atoms with E-state index >= 15 is 0 Å². The molecule has 6 rings (SSSR count). The fourth-order valence-corrected chi connectivity index (χ4v) is 5.42. The van der Waals surface area contributed by atoms with Gasteiger partial charge in [-0.15, -0.1) is 11.3 Å². The predicted octanol–water partition coefficient (Wildman–Crippen LogP) is 7.52. The van der Waals surface area contributed by atoms with Crippen molar-refractivity contribution < 1.29 is 0 Å². The lowest BCUT2D eigenvalue weighted by Crippen LogP contribution is -2.11. The zero-order valence-corrected chi connectivity index (χ0v) is 21.7. The van der Waals surface area contributed by atoms with Crippen LogP contribution in [0.1, 0.15) is 30.2 Å². The van der Waals surface area contributed by atoms with Gasteiger partial charge in [-0.3, -0.25) is 10.1 Å². The summed E-state index contributed by atoms with van der Waals surface area (Å²) in [6.07, 6.45) is 12.2. The topological polar surface area (TPSA) is 82.3 Å². The highest BCUT2D eigenvalue weighted by Crippen LogP contribution is 2.36. The smallest absolute Gasteiger partial charge is 0.159 e. The molecule has 0 radical (unpaired) electrons. The Balaban J connectivity index is 1.39. The van der Waals surface area contributed by atoms with Gasteiger partial charge in [-0.1, -0.05) is 25.3 Å². The van der Waals surface area contributed by atoms with Crippen molar-refractivity contribution >= 4 is 38.8 Å². The van der Waals surface area contributed by atoms with E-state index in [2.05, 4.69) is 88.0 Å². The number of thiophene rings is 1. The lowest BCUT2D eigenvalue weighted by molar-refractivity contribution is 0.865. The van der Waals surface area contributed by atoms with Gasteiger partial charge in [0.15, 0.2) is 5.82 Å². The highest BCUT2D eigenvalue weighted by atomic mass is 32.1. The van der Waals surface area contributed by atoms with Gasteiger partial charge in [0.05, 0.1) is 17.2 Å². The lowest BCUT2D eigenvalue weighted by Gasteiger charge is -2.11. The summed E-state index contributed by atoms with van der Waals surface area (Å²) in [6, 6.07) is 10.6. The van der Waals surface area contributed by atoms with E-state index in [4.69, 9.17) is 4.98 Å². The Labute approximate surface area is 219 Å². The van der Waals surface area contributed by atoms with Crippen LogP contribution in [0.3, 0.4) is 0 Å². The van der Waals surface area contributed by atoms with Crippen molar-refractivity contribution in [2.45, 2.75) is 26.7 Å². The zero-order chi connectivity index (χ0) is 25.5. The zero-order valence-electron chi connectivity index (χ0n) is 20.9. The molecule has 0 aliphatic heterocycles. The summed E-state index contributed by atoms with van der Waals surface area (Å²) in [5, 5.41) is 12.2. The molecular weight excluding hydrogens is 476 g/mol. The molecule has 1 aromatic carbocycles. The SMILES string of the molecule is C=C/C(=C\C(=C/C)c1ccc2[nH]nc(-c3nc4c(-c5ccc(C)s5)cncc4[nH]3)c2c1)NC(=C)C1CC1. The van der Waals surface area contributed by atoms with Gasteiger partial charge in [0.25, 0.3) is 0 Å². The largest absolute Gasteiger partial charge is 0.359 e. The third-order valence-electron chi connectivity index (χ3n) is 6.74.